The molecule has 0 aliphatic heterocycles. The summed E-state index contributed by atoms with van der Waals surface area (Å²) in [6, 6.07) is 1.58. The third kappa shape index (κ3) is 0.939. The molecule has 0 aliphatic rings. The Kier molecular flexibility index (Phi) is 1.49. The van der Waals surface area contributed by atoms with Crippen molar-refractivity contribution in [3.63, 3.8) is 0 Å². The minimum absolute atomic E-state index is 0.266. The Balaban J connectivity index is 2.70. The Labute approximate surface area is 66.7 Å². The highest BCUT2D eigenvalue weighted by Gasteiger charge is 2.13. The molecule has 5 heteroatoms. The molecule has 0 bridgehead atoms. The number of hydrogen-bond acceptors (Lipinski definition) is 2. The molecular weight excluding hydrogens is 164 g/mol. The van der Waals surface area contributed by atoms with Crippen molar-refractivity contribution < 1.29 is 8.78 Å². The van der Waals surface area contributed by atoms with Crippen molar-refractivity contribution >= 4 is 5.65 Å². The van der Waals surface area contributed by atoms with Crippen molar-refractivity contribution in [2.24, 2.45) is 0 Å². The fourth-order valence-corrected chi connectivity index (χ4v) is 1.02. The molecule has 0 fully saturated rings. The van der Waals surface area contributed by atoms with E-state index in [0.29, 0.717) is 5.65 Å². The van der Waals surface area contributed by atoms with E-state index in [4.69, 9.17) is 0 Å². The van der Waals surface area contributed by atoms with Gasteiger partial charge >= 0.3 is 0 Å². The first kappa shape index (κ1) is 7.15. The Hall–Kier alpha value is -1.52. The van der Waals surface area contributed by atoms with Gasteiger partial charge in [0.25, 0.3) is 6.43 Å². The molecule has 2 aromatic heterocycles. The van der Waals surface area contributed by atoms with E-state index in [1.165, 1.54) is 23.0 Å². The fraction of sp³-hybridized carbons (Fsp3) is 0.143. The molecule has 0 aromatic carbocycles. The molecule has 62 valence electrons. The molecule has 0 atom stereocenters. The Morgan fingerprint density at radius 1 is 1.33 bits per heavy atom. The van der Waals surface area contributed by atoms with E-state index in [1.807, 2.05) is 0 Å². The summed E-state index contributed by atoms with van der Waals surface area (Å²) in [5.74, 6) is -0.266. The summed E-state index contributed by atoms with van der Waals surface area (Å²) < 4.78 is 25.7. The highest BCUT2D eigenvalue weighted by atomic mass is 19.3. The van der Waals surface area contributed by atoms with Gasteiger partial charge in [0, 0.05) is 12.4 Å². The van der Waals surface area contributed by atoms with Crippen molar-refractivity contribution in [1.82, 2.24) is 14.4 Å². The van der Waals surface area contributed by atoms with Crippen LogP contribution in [-0.4, -0.2) is 14.4 Å². The highest BCUT2D eigenvalue weighted by Crippen LogP contribution is 2.17. The van der Waals surface area contributed by atoms with Gasteiger partial charge in [0.1, 0.15) is 0 Å². The Morgan fingerprint density at radius 3 is 2.92 bits per heavy atom. The number of alkyl halides is 2. The van der Waals surface area contributed by atoms with Crippen LogP contribution in [0.25, 0.3) is 5.65 Å². The molecule has 0 N–H and O–H groups in total. The maximum atomic E-state index is 12.2. The first-order valence-electron chi connectivity index (χ1n) is 3.35. The van der Waals surface area contributed by atoms with Gasteiger partial charge in [-0.2, -0.15) is 0 Å². The lowest BCUT2D eigenvalue weighted by atomic mass is 10.6. The summed E-state index contributed by atoms with van der Waals surface area (Å²) in [4.78, 5) is 7.40. The van der Waals surface area contributed by atoms with E-state index < -0.39 is 6.43 Å². The lowest BCUT2D eigenvalue weighted by molar-refractivity contribution is 0.139. The van der Waals surface area contributed by atoms with Gasteiger partial charge in [-0.05, 0) is 6.07 Å². The average molecular weight is 169 g/mol. The third-order valence-electron chi connectivity index (χ3n) is 1.53. The number of imidazole rings is 1. The summed E-state index contributed by atoms with van der Waals surface area (Å²) in [7, 11) is 0. The smallest absolute Gasteiger partial charge is 0.283 e. The first-order chi connectivity index (χ1) is 5.79. The zero-order chi connectivity index (χ0) is 8.55. The van der Waals surface area contributed by atoms with Crippen LogP contribution in [0, 0.1) is 0 Å². The van der Waals surface area contributed by atoms with E-state index in [1.54, 1.807) is 6.07 Å². The van der Waals surface area contributed by atoms with E-state index in [-0.39, 0.29) is 5.82 Å². The zero-order valence-electron chi connectivity index (χ0n) is 5.98. The van der Waals surface area contributed by atoms with Gasteiger partial charge in [0.2, 0.25) is 0 Å². The van der Waals surface area contributed by atoms with Gasteiger partial charge in [-0.1, -0.05) is 0 Å². The summed E-state index contributed by atoms with van der Waals surface area (Å²) in [6.45, 7) is 0. The quantitative estimate of drug-likeness (QED) is 0.649. The Morgan fingerprint density at radius 2 is 2.17 bits per heavy atom. The lowest BCUT2D eigenvalue weighted by Crippen LogP contribution is -1.94. The van der Waals surface area contributed by atoms with Gasteiger partial charge in [-0.3, -0.25) is 4.40 Å². The van der Waals surface area contributed by atoms with Crippen LogP contribution in [0.15, 0.2) is 24.7 Å². The fourth-order valence-electron chi connectivity index (χ4n) is 1.02. The second-order valence-electron chi connectivity index (χ2n) is 2.26. The predicted molar refractivity (Wildman–Crippen MR) is 37.9 cm³/mol. The first-order valence-corrected chi connectivity index (χ1v) is 3.35. The van der Waals surface area contributed by atoms with Crippen LogP contribution in [0.5, 0.6) is 0 Å². The molecular formula is C7H5F2N3. The van der Waals surface area contributed by atoms with Crippen LogP contribution in [0.2, 0.25) is 0 Å². The standard InChI is InChI=1S/C7H5F2N3/c8-6(9)7-11-4-5-10-2-1-3-12(5)7/h1-4,6H. The van der Waals surface area contributed by atoms with Gasteiger partial charge in [-0.25, -0.2) is 18.7 Å². The van der Waals surface area contributed by atoms with E-state index in [2.05, 4.69) is 9.97 Å². The second-order valence-corrected chi connectivity index (χ2v) is 2.26. The molecule has 2 rings (SSSR count). The van der Waals surface area contributed by atoms with Gasteiger partial charge in [-0.15, -0.1) is 0 Å². The summed E-state index contributed by atoms with van der Waals surface area (Å²) in [5.41, 5.74) is 0.438. The summed E-state index contributed by atoms with van der Waals surface area (Å²) in [5, 5.41) is 0. The van der Waals surface area contributed by atoms with Crippen LogP contribution in [0.4, 0.5) is 8.78 Å². The molecule has 0 saturated carbocycles. The average Bonchev–Trinajstić information content (AvgIpc) is 2.47. The van der Waals surface area contributed by atoms with Crippen LogP contribution >= 0.6 is 0 Å². The van der Waals surface area contributed by atoms with Crippen LogP contribution in [0.3, 0.4) is 0 Å². The number of nitrogens with zero attached hydrogens (tertiary/aromatic N) is 3. The van der Waals surface area contributed by atoms with Crippen molar-refractivity contribution in [3.8, 4) is 0 Å². The van der Waals surface area contributed by atoms with Gasteiger partial charge < -0.3 is 0 Å². The highest BCUT2D eigenvalue weighted by molar-refractivity contribution is 5.36. The molecule has 2 aromatic rings. The molecule has 0 saturated heterocycles. The summed E-state index contributed by atoms with van der Waals surface area (Å²) in [6.07, 6.45) is 1.81. The van der Waals surface area contributed by atoms with E-state index in [9.17, 15) is 8.78 Å². The maximum Gasteiger partial charge on any atom is 0.295 e. The minimum atomic E-state index is -2.56. The van der Waals surface area contributed by atoms with E-state index >= 15 is 0 Å². The molecule has 0 radical (unpaired) electrons. The molecule has 0 amide bonds. The molecule has 0 unspecified atom stereocenters. The van der Waals surface area contributed by atoms with Crippen LogP contribution < -0.4 is 0 Å². The normalized spacial score (nSPS) is 11.2. The Bertz CT molecular complexity index is 396. The number of aromatic nitrogens is 3. The zero-order valence-corrected chi connectivity index (χ0v) is 5.98. The largest absolute Gasteiger partial charge is 0.295 e. The number of halogens is 2. The molecule has 0 spiro atoms. The second kappa shape index (κ2) is 2.51. The molecule has 2 heterocycles. The van der Waals surface area contributed by atoms with Crippen molar-refractivity contribution in [2.45, 2.75) is 6.43 Å². The van der Waals surface area contributed by atoms with Gasteiger partial charge in [0.05, 0.1) is 6.20 Å². The SMILES string of the molecule is FC(F)c1ncc2ncccn12. The van der Waals surface area contributed by atoms with Crippen molar-refractivity contribution in [2.75, 3.05) is 0 Å². The summed E-state index contributed by atoms with van der Waals surface area (Å²) >= 11 is 0. The maximum absolute atomic E-state index is 12.2. The molecule has 12 heavy (non-hydrogen) atoms. The molecule has 0 aliphatic carbocycles. The number of hydrogen-bond donors (Lipinski definition) is 0. The predicted octanol–water partition coefficient (Wildman–Crippen LogP) is 1.67. The lowest BCUT2D eigenvalue weighted by Gasteiger charge is -1.96. The van der Waals surface area contributed by atoms with E-state index in [0.717, 1.165) is 0 Å². The minimum Gasteiger partial charge on any atom is -0.283 e. The molecule has 3 nitrogen and oxygen atoms in total. The van der Waals surface area contributed by atoms with Crippen LogP contribution in [-0.2, 0) is 0 Å². The van der Waals surface area contributed by atoms with Crippen molar-refractivity contribution in [3.05, 3.63) is 30.5 Å². The van der Waals surface area contributed by atoms with Crippen molar-refractivity contribution in [1.29, 1.82) is 0 Å². The number of rotatable bonds is 1. The monoisotopic (exact) mass is 169 g/mol. The number of fused-ring (bicyclic) bond motifs is 1. The third-order valence-corrected chi connectivity index (χ3v) is 1.53. The van der Waals surface area contributed by atoms with Gasteiger partial charge in [0.15, 0.2) is 11.5 Å². The topological polar surface area (TPSA) is 30.2 Å². The van der Waals surface area contributed by atoms with Crippen LogP contribution in [0.1, 0.15) is 12.2 Å².